The van der Waals surface area contributed by atoms with Gasteiger partial charge in [0.1, 0.15) is 22.2 Å². The molecule has 1 aromatic carbocycles. The topological polar surface area (TPSA) is 77.8 Å². The molecule has 3 rings (SSSR count). The van der Waals surface area contributed by atoms with E-state index in [4.69, 9.17) is 10.2 Å². The molecule has 0 aliphatic rings. The summed E-state index contributed by atoms with van der Waals surface area (Å²) in [4.78, 5) is 13.3. The molecular weight excluding hydrogens is 284 g/mol. The van der Waals surface area contributed by atoms with Gasteiger partial charge in [-0.3, -0.25) is 0 Å². The molecule has 5 nitrogen and oxygen atoms in total. The van der Waals surface area contributed by atoms with Crippen molar-refractivity contribution in [1.82, 2.24) is 15.0 Å². The first-order valence-corrected chi connectivity index (χ1v) is 7.65. The van der Waals surface area contributed by atoms with E-state index in [9.17, 15) is 0 Å². The van der Waals surface area contributed by atoms with Gasteiger partial charge >= 0.3 is 0 Å². The highest BCUT2D eigenvalue weighted by Gasteiger charge is 2.13. The zero-order valence-corrected chi connectivity index (χ0v) is 12.8. The lowest BCUT2D eigenvalue weighted by molar-refractivity contribution is 0.489. The Bertz CT molecular complexity index is 751. The van der Waals surface area contributed by atoms with E-state index < -0.39 is 0 Å². The van der Waals surface area contributed by atoms with Crippen LogP contribution in [0.4, 0.5) is 5.82 Å². The third-order valence-corrected chi connectivity index (χ3v) is 4.06. The molecule has 0 radical (unpaired) electrons. The Balaban J connectivity index is 1.96. The number of rotatable bonds is 4. The van der Waals surface area contributed by atoms with Crippen LogP contribution in [0, 0.1) is 6.92 Å². The molecule has 2 N–H and O–H groups in total. The second-order valence-corrected chi connectivity index (χ2v) is 5.69. The molecule has 0 amide bonds. The third kappa shape index (κ3) is 2.85. The molecular formula is C15H16N4OS. The largest absolute Gasteiger partial charge is 0.431 e. The lowest BCUT2D eigenvalue weighted by Gasteiger charge is -2.07. The molecule has 6 heteroatoms. The van der Waals surface area contributed by atoms with E-state index in [-0.39, 0.29) is 0 Å². The van der Waals surface area contributed by atoms with Crippen molar-refractivity contribution in [2.75, 3.05) is 5.73 Å². The summed E-state index contributed by atoms with van der Waals surface area (Å²) in [5.74, 6) is 1.28. The van der Waals surface area contributed by atoms with Crippen molar-refractivity contribution in [3.63, 3.8) is 0 Å². The van der Waals surface area contributed by atoms with Crippen LogP contribution in [0.1, 0.15) is 24.7 Å². The molecule has 2 aromatic heterocycles. The molecule has 0 saturated carbocycles. The summed E-state index contributed by atoms with van der Waals surface area (Å²) in [6.45, 7) is 4.00. The summed E-state index contributed by atoms with van der Waals surface area (Å²) >= 11 is 1.39. The van der Waals surface area contributed by atoms with Crippen molar-refractivity contribution in [2.45, 2.75) is 36.9 Å². The average molecular weight is 300 g/mol. The second kappa shape index (κ2) is 5.73. The molecule has 0 unspecified atom stereocenters. The lowest BCUT2D eigenvalue weighted by Crippen LogP contribution is -2.04. The highest BCUT2D eigenvalue weighted by Crippen LogP contribution is 2.32. The first-order chi connectivity index (χ1) is 10.2. The normalized spacial score (nSPS) is 11.1. The van der Waals surface area contributed by atoms with Gasteiger partial charge in [-0.1, -0.05) is 19.1 Å². The highest BCUT2D eigenvalue weighted by molar-refractivity contribution is 7.99. The van der Waals surface area contributed by atoms with Gasteiger partial charge in [-0.25, -0.2) is 15.0 Å². The van der Waals surface area contributed by atoms with Crippen LogP contribution in [0.2, 0.25) is 0 Å². The van der Waals surface area contributed by atoms with Crippen molar-refractivity contribution in [3.8, 4) is 0 Å². The smallest absolute Gasteiger partial charge is 0.263 e. The van der Waals surface area contributed by atoms with Crippen LogP contribution in [-0.4, -0.2) is 15.0 Å². The Morgan fingerprint density at radius 1 is 1.19 bits per heavy atom. The van der Waals surface area contributed by atoms with E-state index in [0.29, 0.717) is 11.0 Å². The zero-order chi connectivity index (χ0) is 14.8. The molecule has 2 heterocycles. The van der Waals surface area contributed by atoms with Gasteiger partial charge in [0.2, 0.25) is 0 Å². The number of aryl methyl sites for hydroxylation is 1. The van der Waals surface area contributed by atoms with E-state index >= 15 is 0 Å². The monoisotopic (exact) mass is 300 g/mol. The Kier molecular flexibility index (Phi) is 3.79. The quantitative estimate of drug-likeness (QED) is 0.742. The van der Waals surface area contributed by atoms with Crippen LogP contribution in [0.25, 0.3) is 11.1 Å². The summed E-state index contributed by atoms with van der Waals surface area (Å²) in [7, 11) is 0. The number of nitrogen functional groups attached to an aromatic ring is 1. The van der Waals surface area contributed by atoms with Crippen LogP contribution in [0.3, 0.4) is 0 Å². The fraction of sp³-hybridized carbons (Fsp3) is 0.267. The summed E-state index contributed by atoms with van der Waals surface area (Å²) in [5, 5.41) is 1.37. The van der Waals surface area contributed by atoms with Crippen LogP contribution < -0.4 is 5.73 Å². The molecule has 0 spiro atoms. The number of oxazole rings is 1. The molecule has 0 aliphatic heterocycles. The number of fused-ring (bicyclic) bond motifs is 1. The van der Waals surface area contributed by atoms with Crippen LogP contribution >= 0.6 is 11.8 Å². The van der Waals surface area contributed by atoms with Gasteiger partial charge in [0, 0.05) is 12.0 Å². The van der Waals surface area contributed by atoms with Crippen molar-refractivity contribution in [3.05, 3.63) is 35.7 Å². The molecule has 21 heavy (non-hydrogen) atoms. The highest BCUT2D eigenvalue weighted by atomic mass is 32.2. The fourth-order valence-corrected chi connectivity index (χ4v) is 2.82. The number of hydrogen-bond acceptors (Lipinski definition) is 6. The Morgan fingerprint density at radius 2 is 2.00 bits per heavy atom. The lowest BCUT2D eigenvalue weighted by atomic mass is 10.3. The predicted octanol–water partition coefficient (Wildman–Crippen LogP) is 3.61. The van der Waals surface area contributed by atoms with Gasteiger partial charge in [0.25, 0.3) is 5.22 Å². The Morgan fingerprint density at radius 3 is 2.76 bits per heavy atom. The number of nitrogens with zero attached hydrogens (tertiary/aromatic N) is 3. The van der Waals surface area contributed by atoms with Crippen molar-refractivity contribution < 1.29 is 4.42 Å². The minimum absolute atomic E-state index is 0.520. The number of nitrogens with two attached hydrogens (primary N) is 1. The maximum absolute atomic E-state index is 5.97. The maximum Gasteiger partial charge on any atom is 0.263 e. The molecule has 0 bridgehead atoms. The summed E-state index contributed by atoms with van der Waals surface area (Å²) in [6.07, 6.45) is 1.79. The number of aromatic nitrogens is 3. The van der Waals surface area contributed by atoms with Crippen molar-refractivity contribution >= 4 is 28.7 Å². The van der Waals surface area contributed by atoms with Gasteiger partial charge in [-0.15, -0.1) is 0 Å². The Labute approximate surface area is 127 Å². The van der Waals surface area contributed by atoms with Crippen LogP contribution in [0.5, 0.6) is 0 Å². The van der Waals surface area contributed by atoms with E-state index in [1.165, 1.54) is 11.8 Å². The van der Waals surface area contributed by atoms with Crippen molar-refractivity contribution in [1.29, 1.82) is 0 Å². The summed E-state index contributed by atoms with van der Waals surface area (Å²) < 4.78 is 5.72. The minimum atomic E-state index is 0.520. The van der Waals surface area contributed by atoms with Crippen LogP contribution in [0.15, 0.2) is 38.9 Å². The SMILES string of the molecule is CCCc1nc(N)c(C)c(Sc2nc3ccccc3o2)n1. The van der Waals surface area contributed by atoms with E-state index in [1.54, 1.807) is 0 Å². The molecule has 0 atom stereocenters. The van der Waals surface area contributed by atoms with Gasteiger partial charge in [0.05, 0.1) is 0 Å². The number of para-hydroxylation sites is 2. The maximum atomic E-state index is 5.97. The van der Waals surface area contributed by atoms with E-state index in [1.807, 2.05) is 31.2 Å². The minimum Gasteiger partial charge on any atom is -0.431 e. The fourth-order valence-electron chi connectivity index (χ4n) is 1.97. The number of anilines is 1. The second-order valence-electron chi connectivity index (χ2n) is 4.75. The van der Waals surface area contributed by atoms with Gasteiger partial charge in [-0.05, 0) is 37.2 Å². The molecule has 0 aliphatic carbocycles. The van der Waals surface area contributed by atoms with Crippen LogP contribution in [-0.2, 0) is 6.42 Å². The first-order valence-electron chi connectivity index (χ1n) is 6.83. The summed E-state index contributed by atoms with van der Waals surface area (Å²) in [5.41, 5.74) is 8.44. The molecule has 3 aromatic rings. The van der Waals surface area contributed by atoms with E-state index in [0.717, 1.165) is 40.4 Å². The van der Waals surface area contributed by atoms with Gasteiger partial charge in [0.15, 0.2) is 5.58 Å². The number of hydrogen-bond donors (Lipinski definition) is 1. The average Bonchev–Trinajstić information content (AvgIpc) is 2.87. The van der Waals surface area contributed by atoms with Gasteiger partial charge in [-0.2, -0.15) is 0 Å². The number of benzene rings is 1. The summed E-state index contributed by atoms with van der Waals surface area (Å²) in [6, 6.07) is 7.69. The molecule has 108 valence electrons. The molecule has 0 fully saturated rings. The van der Waals surface area contributed by atoms with E-state index in [2.05, 4.69) is 21.9 Å². The predicted molar refractivity (Wildman–Crippen MR) is 83.3 cm³/mol. The standard InChI is InChI=1S/C15H16N4OS/c1-3-6-12-18-13(16)9(2)14(19-12)21-15-17-10-7-4-5-8-11(10)20-15/h4-5,7-8H,3,6H2,1-2H3,(H2,16,18,19). The third-order valence-electron chi connectivity index (χ3n) is 3.12. The van der Waals surface area contributed by atoms with Gasteiger partial charge < -0.3 is 10.2 Å². The van der Waals surface area contributed by atoms with Crippen molar-refractivity contribution in [2.24, 2.45) is 0 Å². The first kappa shape index (κ1) is 13.9. The molecule has 0 saturated heterocycles. The zero-order valence-electron chi connectivity index (χ0n) is 12.0. The Hall–Kier alpha value is -2.08.